The van der Waals surface area contributed by atoms with E-state index in [0.717, 1.165) is 42.5 Å². The molecule has 1 aromatic carbocycles. The molecule has 0 aliphatic rings. The fourth-order valence-corrected chi connectivity index (χ4v) is 1.89. The van der Waals surface area contributed by atoms with Crippen molar-refractivity contribution in [2.45, 2.75) is 32.2 Å². The first-order valence-electron chi connectivity index (χ1n) is 6.49. The fourth-order valence-electron chi connectivity index (χ4n) is 1.89. The molecule has 3 nitrogen and oxygen atoms in total. The Balaban J connectivity index is 1.84. The number of rotatable bonds is 6. The van der Waals surface area contributed by atoms with Gasteiger partial charge in [0.25, 0.3) is 0 Å². The van der Waals surface area contributed by atoms with Crippen LogP contribution in [0.1, 0.15) is 26.2 Å². The normalized spacial score (nSPS) is 12.6. The Kier molecular flexibility index (Phi) is 4.53. The van der Waals surface area contributed by atoms with Gasteiger partial charge in [-0.05, 0) is 44.4 Å². The quantitative estimate of drug-likeness (QED) is 0.794. The van der Waals surface area contributed by atoms with E-state index < -0.39 is 0 Å². The standard InChI is InChI=1S/C15H20N2O/c1-12(16)5-2-3-10-18-14-8-7-13-6-4-9-17-15(13)11-14/h4,6-9,11-12H,2-3,5,10,16H2,1H3. The second kappa shape index (κ2) is 6.36. The number of benzene rings is 1. The maximum absolute atomic E-state index is 5.72. The van der Waals surface area contributed by atoms with Gasteiger partial charge in [-0.3, -0.25) is 4.98 Å². The lowest BCUT2D eigenvalue weighted by Gasteiger charge is -2.08. The fraction of sp³-hybridized carbons (Fsp3) is 0.400. The van der Waals surface area contributed by atoms with Gasteiger partial charge in [0, 0.05) is 23.7 Å². The van der Waals surface area contributed by atoms with E-state index in [4.69, 9.17) is 10.5 Å². The Morgan fingerprint density at radius 2 is 2.17 bits per heavy atom. The number of ether oxygens (including phenoxy) is 1. The van der Waals surface area contributed by atoms with Crippen LogP contribution in [-0.4, -0.2) is 17.6 Å². The number of nitrogens with two attached hydrogens (primary N) is 1. The predicted molar refractivity (Wildman–Crippen MR) is 74.7 cm³/mol. The third kappa shape index (κ3) is 3.70. The van der Waals surface area contributed by atoms with E-state index in [9.17, 15) is 0 Å². The minimum Gasteiger partial charge on any atom is -0.494 e. The molecule has 0 fully saturated rings. The highest BCUT2D eigenvalue weighted by atomic mass is 16.5. The highest BCUT2D eigenvalue weighted by molar-refractivity contribution is 5.79. The largest absolute Gasteiger partial charge is 0.494 e. The van der Waals surface area contributed by atoms with Gasteiger partial charge in [-0.25, -0.2) is 0 Å². The van der Waals surface area contributed by atoms with E-state index in [0.29, 0.717) is 0 Å². The molecule has 1 unspecified atom stereocenters. The minimum absolute atomic E-state index is 0.287. The van der Waals surface area contributed by atoms with Crippen LogP contribution in [-0.2, 0) is 0 Å². The lowest BCUT2D eigenvalue weighted by Crippen LogP contribution is -2.14. The molecule has 1 aromatic heterocycles. The van der Waals surface area contributed by atoms with Crippen molar-refractivity contribution < 1.29 is 4.74 Å². The molecular formula is C15H20N2O. The Labute approximate surface area is 108 Å². The third-order valence-electron chi connectivity index (χ3n) is 2.90. The average molecular weight is 244 g/mol. The summed E-state index contributed by atoms with van der Waals surface area (Å²) < 4.78 is 5.72. The maximum Gasteiger partial charge on any atom is 0.121 e. The number of fused-ring (bicyclic) bond motifs is 1. The molecule has 0 amide bonds. The van der Waals surface area contributed by atoms with Gasteiger partial charge < -0.3 is 10.5 Å². The van der Waals surface area contributed by atoms with Gasteiger partial charge >= 0.3 is 0 Å². The van der Waals surface area contributed by atoms with E-state index >= 15 is 0 Å². The van der Waals surface area contributed by atoms with E-state index in [1.807, 2.05) is 31.2 Å². The van der Waals surface area contributed by atoms with Crippen LogP contribution in [0.2, 0.25) is 0 Å². The molecule has 0 aliphatic heterocycles. The Morgan fingerprint density at radius 3 is 3.00 bits per heavy atom. The second-order valence-electron chi connectivity index (χ2n) is 4.68. The first-order valence-corrected chi connectivity index (χ1v) is 6.49. The van der Waals surface area contributed by atoms with Gasteiger partial charge in [0.2, 0.25) is 0 Å². The first kappa shape index (κ1) is 12.8. The summed E-state index contributed by atoms with van der Waals surface area (Å²) in [5.74, 6) is 0.891. The molecule has 18 heavy (non-hydrogen) atoms. The first-order chi connectivity index (χ1) is 8.75. The van der Waals surface area contributed by atoms with Gasteiger partial charge in [-0.2, -0.15) is 0 Å². The van der Waals surface area contributed by atoms with Crippen LogP contribution in [0.25, 0.3) is 10.9 Å². The summed E-state index contributed by atoms with van der Waals surface area (Å²) in [4.78, 5) is 4.31. The van der Waals surface area contributed by atoms with Crippen molar-refractivity contribution in [1.82, 2.24) is 4.98 Å². The van der Waals surface area contributed by atoms with Crippen LogP contribution in [0.4, 0.5) is 0 Å². The van der Waals surface area contributed by atoms with Crippen LogP contribution in [0.15, 0.2) is 36.5 Å². The van der Waals surface area contributed by atoms with Gasteiger partial charge in [-0.15, -0.1) is 0 Å². The molecule has 0 radical (unpaired) electrons. The number of pyridine rings is 1. The van der Waals surface area contributed by atoms with E-state index in [1.165, 1.54) is 0 Å². The number of unbranched alkanes of at least 4 members (excludes halogenated alkanes) is 1. The molecule has 96 valence electrons. The molecule has 1 atom stereocenters. The molecular weight excluding hydrogens is 224 g/mol. The molecule has 0 saturated carbocycles. The molecule has 2 N–H and O–H groups in total. The summed E-state index contributed by atoms with van der Waals surface area (Å²) in [5, 5.41) is 1.14. The molecule has 3 heteroatoms. The predicted octanol–water partition coefficient (Wildman–Crippen LogP) is 3.13. The van der Waals surface area contributed by atoms with Crippen LogP contribution in [0.5, 0.6) is 5.75 Å². The monoisotopic (exact) mass is 244 g/mol. The summed E-state index contributed by atoms with van der Waals surface area (Å²) in [6.07, 6.45) is 5.02. The van der Waals surface area contributed by atoms with E-state index in [-0.39, 0.29) is 6.04 Å². The topological polar surface area (TPSA) is 48.1 Å². The zero-order valence-corrected chi connectivity index (χ0v) is 10.8. The Bertz CT molecular complexity index is 497. The molecule has 0 spiro atoms. The minimum atomic E-state index is 0.287. The average Bonchev–Trinajstić information content (AvgIpc) is 2.38. The van der Waals surface area contributed by atoms with Crippen LogP contribution < -0.4 is 10.5 Å². The van der Waals surface area contributed by atoms with Gasteiger partial charge in [0.1, 0.15) is 5.75 Å². The van der Waals surface area contributed by atoms with E-state index in [1.54, 1.807) is 6.20 Å². The molecule has 2 aromatic rings. The van der Waals surface area contributed by atoms with Crippen molar-refractivity contribution in [2.75, 3.05) is 6.61 Å². The summed E-state index contributed by atoms with van der Waals surface area (Å²) >= 11 is 0. The van der Waals surface area contributed by atoms with Crippen molar-refractivity contribution in [3.63, 3.8) is 0 Å². The zero-order valence-electron chi connectivity index (χ0n) is 10.8. The maximum atomic E-state index is 5.72. The Morgan fingerprint density at radius 1 is 1.28 bits per heavy atom. The SMILES string of the molecule is CC(N)CCCCOc1ccc2cccnc2c1. The van der Waals surface area contributed by atoms with E-state index in [2.05, 4.69) is 11.1 Å². The van der Waals surface area contributed by atoms with Gasteiger partial charge in [-0.1, -0.05) is 6.07 Å². The van der Waals surface area contributed by atoms with Crippen molar-refractivity contribution in [2.24, 2.45) is 5.73 Å². The zero-order chi connectivity index (χ0) is 12.8. The summed E-state index contributed by atoms with van der Waals surface area (Å²) in [6.45, 7) is 2.78. The van der Waals surface area contributed by atoms with Crippen LogP contribution in [0, 0.1) is 0 Å². The van der Waals surface area contributed by atoms with Crippen LogP contribution >= 0.6 is 0 Å². The number of aromatic nitrogens is 1. The molecule has 2 rings (SSSR count). The lowest BCUT2D eigenvalue weighted by atomic mass is 10.1. The summed E-state index contributed by atoms with van der Waals surface area (Å²) in [5.41, 5.74) is 6.68. The molecule has 1 heterocycles. The highest BCUT2D eigenvalue weighted by Gasteiger charge is 1.99. The molecule has 0 saturated heterocycles. The molecule has 0 bridgehead atoms. The van der Waals surface area contributed by atoms with Gasteiger partial charge in [0.15, 0.2) is 0 Å². The van der Waals surface area contributed by atoms with Crippen molar-refractivity contribution in [1.29, 1.82) is 0 Å². The smallest absolute Gasteiger partial charge is 0.121 e. The van der Waals surface area contributed by atoms with Crippen molar-refractivity contribution >= 4 is 10.9 Å². The highest BCUT2D eigenvalue weighted by Crippen LogP contribution is 2.18. The van der Waals surface area contributed by atoms with Crippen LogP contribution in [0.3, 0.4) is 0 Å². The van der Waals surface area contributed by atoms with Gasteiger partial charge in [0.05, 0.1) is 12.1 Å². The second-order valence-corrected chi connectivity index (χ2v) is 4.68. The molecule has 0 aliphatic carbocycles. The van der Waals surface area contributed by atoms with Crippen molar-refractivity contribution in [3.05, 3.63) is 36.5 Å². The number of hydrogen-bond acceptors (Lipinski definition) is 3. The van der Waals surface area contributed by atoms with Crippen molar-refractivity contribution in [3.8, 4) is 5.75 Å². The summed E-state index contributed by atoms with van der Waals surface area (Å²) in [7, 11) is 0. The number of hydrogen-bond donors (Lipinski definition) is 1. The number of nitrogens with zero attached hydrogens (tertiary/aromatic N) is 1. The summed E-state index contributed by atoms with van der Waals surface area (Å²) in [6, 6.07) is 10.3. The lowest BCUT2D eigenvalue weighted by molar-refractivity contribution is 0.304. The third-order valence-corrected chi connectivity index (χ3v) is 2.90. The Hall–Kier alpha value is -1.61.